The van der Waals surface area contributed by atoms with Crippen molar-refractivity contribution in [3.05, 3.63) is 118 Å². The highest BCUT2D eigenvalue weighted by atomic mass is 16.5. The SMILES string of the molecule is CC1(C)C(C(C#N)=C(C#N)C(C#N)=C2N(COC=O)c3ccccc3C2(C)Cc2ccccc2)=[N+](CCCCCCO)c2ccccc21. The molecule has 242 valence electrons. The van der Waals surface area contributed by atoms with Crippen LogP contribution in [-0.2, 0) is 26.8 Å². The Morgan fingerprint density at radius 3 is 2.19 bits per heavy atom. The minimum Gasteiger partial charge on any atom is -0.446 e. The summed E-state index contributed by atoms with van der Waals surface area (Å²) in [5.74, 6) is 0. The minimum atomic E-state index is -0.816. The lowest BCUT2D eigenvalue weighted by Gasteiger charge is -2.31. The van der Waals surface area contributed by atoms with Crippen molar-refractivity contribution in [3.8, 4) is 18.2 Å². The zero-order chi connectivity index (χ0) is 34.3. The average Bonchev–Trinajstić information content (AvgIpc) is 3.47. The molecular formula is C40H40N5O3+. The van der Waals surface area contributed by atoms with Gasteiger partial charge in [-0.25, -0.2) is 0 Å². The number of aliphatic hydroxyl groups is 1. The molecular weight excluding hydrogens is 598 g/mol. The van der Waals surface area contributed by atoms with E-state index in [1.165, 1.54) is 0 Å². The molecule has 0 spiro atoms. The monoisotopic (exact) mass is 638 g/mol. The Balaban J connectivity index is 1.80. The van der Waals surface area contributed by atoms with Crippen LogP contribution in [0.25, 0.3) is 0 Å². The number of ether oxygens (including phenoxy) is 1. The van der Waals surface area contributed by atoms with Gasteiger partial charge < -0.3 is 14.7 Å². The van der Waals surface area contributed by atoms with Gasteiger partial charge in [-0.05, 0) is 57.2 Å². The number of carbonyl (C=O) groups is 1. The summed E-state index contributed by atoms with van der Waals surface area (Å²) in [6, 6.07) is 32.7. The molecule has 5 rings (SSSR count). The summed E-state index contributed by atoms with van der Waals surface area (Å²) in [6.07, 6.45) is 3.84. The molecule has 0 saturated heterocycles. The van der Waals surface area contributed by atoms with Gasteiger partial charge in [0.2, 0.25) is 11.4 Å². The predicted octanol–water partition coefficient (Wildman–Crippen LogP) is 6.89. The van der Waals surface area contributed by atoms with E-state index in [0.717, 1.165) is 53.7 Å². The lowest BCUT2D eigenvalue weighted by atomic mass is 9.73. The second-order valence-electron chi connectivity index (χ2n) is 12.9. The first-order chi connectivity index (χ1) is 23.3. The summed E-state index contributed by atoms with van der Waals surface area (Å²) in [7, 11) is 0. The first kappa shape index (κ1) is 33.9. The molecule has 0 bridgehead atoms. The summed E-state index contributed by atoms with van der Waals surface area (Å²) in [4.78, 5) is 13.3. The standard InChI is InChI=1S/C40H40N5O3/c1-39(2)33-17-9-11-19-35(33)44(21-13-4-5-14-22-46)37(39)31(25-42)30(24-41)32(26-43)38-40(3,23-29-15-7-6-8-16-29)34-18-10-12-20-36(34)45(38)27-48-28-47/h6-12,15-20,28,46H,4-5,13-14,21-23,27H2,1-3H3/q+1. The number of anilines is 1. The van der Waals surface area contributed by atoms with E-state index in [1.807, 2.05) is 93.6 Å². The van der Waals surface area contributed by atoms with Crippen LogP contribution >= 0.6 is 0 Å². The number of benzene rings is 3. The van der Waals surface area contributed by atoms with Crippen LogP contribution in [0.2, 0.25) is 0 Å². The van der Waals surface area contributed by atoms with Gasteiger partial charge in [0.15, 0.2) is 6.73 Å². The molecule has 8 nitrogen and oxygen atoms in total. The molecule has 8 heteroatoms. The Labute approximate surface area is 282 Å². The van der Waals surface area contributed by atoms with Gasteiger partial charge in [0.05, 0.1) is 22.3 Å². The summed E-state index contributed by atoms with van der Waals surface area (Å²) in [5.41, 5.74) is 4.64. The zero-order valence-electron chi connectivity index (χ0n) is 27.7. The molecule has 48 heavy (non-hydrogen) atoms. The smallest absolute Gasteiger partial charge is 0.294 e. The number of nitrogens with zero attached hydrogens (tertiary/aromatic N) is 5. The first-order valence-electron chi connectivity index (χ1n) is 16.3. The normalized spacial score (nSPS) is 19.0. The van der Waals surface area contributed by atoms with Crippen LogP contribution < -0.4 is 4.90 Å². The van der Waals surface area contributed by atoms with Gasteiger partial charge in [-0.3, -0.25) is 4.79 Å². The Kier molecular flexibility index (Phi) is 10.2. The van der Waals surface area contributed by atoms with E-state index < -0.39 is 10.8 Å². The number of fused-ring (bicyclic) bond motifs is 2. The number of allylic oxidation sites excluding steroid dienone is 4. The summed E-state index contributed by atoms with van der Waals surface area (Å²) in [5, 5.41) is 42.2. The van der Waals surface area contributed by atoms with Crippen LogP contribution in [0.5, 0.6) is 0 Å². The fourth-order valence-corrected chi connectivity index (χ4v) is 7.48. The van der Waals surface area contributed by atoms with Crippen LogP contribution in [0, 0.1) is 34.0 Å². The number of hydrogen-bond acceptors (Lipinski definition) is 7. The van der Waals surface area contributed by atoms with E-state index in [0.29, 0.717) is 30.8 Å². The van der Waals surface area contributed by atoms with Crippen molar-refractivity contribution in [3.63, 3.8) is 0 Å². The van der Waals surface area contributed by atoms with Crippen LogP contribution in [0.15, 0.2) is 101 Å². The second kappa shape index (κ2) is 14.5. The highest BCUT2D eigenvalue weighted by molar-refractivity contribution is 6.11. The van der Waals surface area contributed by atoms with E-state index in [1.54, 1.807) is 4.90 Å². The zero-order valence-corrected chi connectivity index (χ0v) is 27.7. The number of para-hydroxylation sites is 2. The summed E-state index contributed by atoms with van der Waals surface area (Å²) in [6.45, 7) is 7.10. The second-order valence-corrected chi connectivity index (χ2v) is 12.9. The van der Waals surface area contributed by atoms with Crippen molar-refractivity contribution < 1.29 is 19.2 Å². The molecule has 0 aromatic heterocycles. The highest BCUT2D eigenvalue weighted by Crippen LogP contribution is 2.52. The maximum atomic E-state index is 11.5. The predicted molar refractivity (Wildman–Crippen MR) is 184 cm³/mol. The van der Waals surface area contributed by atoms with Crippen LogP contribution in [0.1, 0.15) is 63.1 Å². The topological polar surface area (TPSA) is 124 Å². The van der Waals surface area contributed by atoms with Crippen molar-refractivity contribution >= 4 is 23.6 Å². The van der Waals surface area contributed by atoms with Crippen LogP contribution in [-0.4, -0.2) is 41.7 Å². The van der Waals surface area contributed by atoms with E-state index in [4.69, 9.17) is 4.74 Å². The Morgan fingerprint density at radius 1 is 0.854 bits per heavy atom. The van der Waals surface area contributed by atoms with Gasteiger partial charge in [-0.15, -0.1) is 0 Å². The van der Waals surface area contributed by atoms with Crippen molar-refractivity contribution in [2.75, 3.05) is 24.8 Å². The fourth-order valence-electron chi connectivity index (χ4n) is 7.48. The van der Waals surface area contributed by atoms with Crippen molar-refractivity contribution in [2.24, 2.45) is 0 Å². The molecule has 0 aliphatic carbocycles. The van der Waals surface area contributed by atoms with Crippen LogP contribution in [0.4, 0.5) is 11.4 Å². The molecule has 3 aromatic carbocycles. The third-order valence-corrected chi connectivity index (χ3v) is 9.58. The Hall–Kier alpha value is -5.49. The Bertz CT molecular complexity index is 1920. The van der Waals surface area contributed by atoms with E-state index >= 15 is 0 Å². The number of carbonyl (C=O) groups excluding carboxylic acids is 1. The molecule has 2 heterocycles. The number of rotatable bonds is 13. The lowest BCUT2D eigenvalue weighted by molar-refractivity contribution is -0.438. The number of hydrogen-bond donors (Lipinski definition) is 1. The fraction of sp³-hybridized carbons (Fsp3) is 0.325. The molecule has 1 unspecified atom stereocenters. The van der Waals surface area contributed by atoms with Crippen molar-refractivity contribution in [1.82, 2.24) is 0 Å². The highest BCUT2D eigenvalue weighted by Gasteiger charge is 2.50. The summed E-state index contributed by atoms with van der Waals surface area (Å²) < 4.78 is 7.44. The number of nitriles is 3. The average molecular weight is 639 g/mol. The third-order valence-electron chi connectivity index (χ3n) is 9.58. The molecule has 0 saturated carbocycles. The van der Waals surface area contributed by atoms with E-state index in [9.17, 15) is 25.7 Å². The number of aliphatic hydroxyl groups excluding tert-OH is 1. The molecule has 1 atom stereocenters. The summed E-state index contributed by atoms with van der Waals surface area (Å²) >= 11 is 0. The molecule has 3 aromatic rings. The van der Waals surface area contributed by atoms with Crippen molar-refractivity contribution in [1.29, 1.82) is 15.8 Å². The van der Waals surface area contributed by atoms with Gasteiger partial charge >= 0.3 is 0 Å². The van der Waals surface area contributed by atoms with Gasteiger partial charge in [0, 0.05) is 35.8 Å². The quantitative estimate of drug-likeness (QED) is 0.0936. The molecule has 0 radical (unpaired) electrons. The van der Waals surface area contributed by atoms with Crippen molar-refractivity contribution in [2.45, 2.75) is 63.7 Å². The maximum Gasteiger partial charge on any atom is 0.294 e. The Morgan fingerprint density at radius 2 is 1.52 bits per heavy atom. The molecule has 2 aliphatic heterocycles. The third kappa shape index (κ3) is 6.02. The van der Waals surface area contributed by atoms with Gasteiger partial charge in [-0.1, -0.05) is 73.2 Å². The van der Waals surface area contributed by atoms with E-state index in [2.05, 4.69) is 28.8 Å². The van der Waals surface area contributed by atoms with E-state index in [-0.39, 0.29) is 30.1 Å². The maximum absolute atomic E-state index is 11.5. The van der Waals surface area contributed by atoms with Gasteiger partial charge in [0.25, 0.3) is 6.47 Å². The van der Waals surface area contributed by atoms with Crippen LogP contribution in [0.3, 0.4) is 0 Å². The molecule has 2 aliphatic rings. The molecule has 1 N–H and O–H groups in total. The largest absolute Gasteiger partial charge is 0.446 e. The number of unbranched alkanes of at least 4 members (excludes halogenated alkanes) is 3. The lowest BCUT2D eigenvalue weighted by Crippen LogP contribution is -2.35. The minimum absolute atomic E-state index is 0.0145. The van der Waals surface area contributed by atoms with Gasteiger partial charge in [0.1, 0.15) is 30.3 Å². The molecule has 0 amide bonds. The molecule has 0 fully saturated rings. The first-order valence-corrected chi connectivity index (χ1v) is 16.3. The van der Waals surface area contributed by atoms with Gasteiger partial charge in [-0.2, -0.15) is 20.4 Å².